The first-order chi connectivity index (χ1) is 12.8. The Labute approximate surface area is 152 Å². The number of carbonyl (C=O) groups excluding carboxylic acids is 3. The molecule has 0 aliphatic rings. The third-order valence-electron chi connectivity index (χ3n) is 3.41. The van der Waals surface area contributed by atoms with Crippen molar-refractivity contribution in [2.45, 2.75) is 6.10 Å². The van der Waals surface area contributed by atoms with Gasteiger partial charge in [0.15, 0.2) is 0 Å². The lowest BCUT2D eigenvalue weighted by Crippen LogP contribution is -2.39. The number of carbonyl (C=O) groups is 4. The lowest BCUT2D eigenvalue weighted by molar-refractivity contribution is -0.131. The van der Waals surface area contributed by atoms with Gasteiger partial charge in [-0.2, -0.15) is 0 Å². The Morgan fingerprint density at radius 3 is 2.04 bits per heavy atom. The number of benzene rings is 2. The molecule has 3 N–H and O–H groups in total. The van der Waals surface area contributed by atoms with Crippen molar-refractivity contribution in [1.29, 1.82) is 0 Å². The van der Waals surface area contributed by atoms with E-state index in [0.29, 0.717) is 5.56 Å². The van der Waals surface area contributed by atoms with Gasteiger partial charge in [-0.05, 0) is 48.0 Å². The average Bonchev–Trinajstić information content (AvgIpc) is 2.64. The number of carboxylic acid groups (broad SMARTS) is 1. The van der Waals surface area contributed by atoms with Gasteiger partial charge in [-0.1, -0.05) is 12.1 Å². The first kappa shape index (κ1) is 19.5. The number of hydrogen-bond acceptors (Lipinski definition) is 5. The molecule has 1 atom stereocenters. The summed E-state index contributed by atoms with van der Waals surface area (Å²) in [5.74, 6) is -4.71. The van der Waals surface area contributed by atoms with E-state index < -0.39 is 35.6 Å². The number of carboxylic acids is 1. The predicted molar refractivity (Wildman–Crippen MR) is 92.2 cm³/mol. The molecule has 1 unspecified atom stereocenters. The van der Waals surface area contributed by atoms with E-state index >= 15 is 0 Å². The maximum absolute atomic E-state index is 12.9. The molecule has 2 aromatic carbocycles. The molecule has 0 bridgehead atoms. The van der Waals surface area contributed by atoms with Gasteiger partial charge in [-0.25, -0.2) is 14.0 Å². The summed E-state index contributed by atoms with van der Waals surface area (Å²) in [7, 11) is 0. The first-order valence-electron chi connectivity index (χ1n) is 7.59. The topological polar surface area (TPSA) is 124 Å². The second-order valence-electron chi connectivity index (χ2n) is 5.35. The van der Waals surface area contributed by atoms with Gasteiger partial charge in [0.1, 0.15) is 5.82 Å². The van der Waals surface area contributed by atoms with E-state index in [0.717, 1.165) is 30.3 Å². The van der Waals surface area contributed by atoms with Crippen molar-refractivity contribution in [1.82, 2.24) is 0 Å². The molecule has 1 amide bonds. The van der Waals surface area contributed by atoms with Crippen molar-refractivity contribution in [3.63, 3.8) is 0 Å². The minimum atomic E-state index is -1.87. The fourth-order valence-electron chi connectivity index (χ4n) is 2.08. The van der Waals surface area contributed by atoms with Crippen LogP contribution in [-0.2, 0) is 14.3 Å². The van der Waals surface area contributed by atoms with Crippen molar-refractivity contribution < 1.29 is 33.4 Å². The van der Waals surface area contributed by atoms with Gasteiger partial charge < -0.3 is 15.6 Å². The molecule has 2 aromatic rings. The van der Waals surface area contributed by atoms with E-state index in [1.807, 2.05) is 0 Å². The molecule has 27 heavy (non-hydrogen) atoms. The average molecular weight is 371 g/mol. The number of aliphatic carboxylic acids is 1. The normalized spacial score (nSPS) is 11.7. The molecule has 0 fully saturated rings. The molecule has 8 heteroatoms. The summed E-state index contributed by atoms with van der Waals surface area (Å²) in [4.78, 5) is 46.5. The van der Waals surface area contributed by atoms with Crippen LogP contribution in [0.5, 0.6) is 0 Å². The first-order valence-corrected chi connectivity index (χ1v) is 7.59. The van der Waals surface area contributed by atoms with Gasteiger partial charge in [-0.3, -0.25) is 9.59 Å². The molecular formula is C19H14FNO6. The number of primary amides is 1. The van der Waals surface area contributed by atoms with Crippen LogP contribution in [0.3, 0.4) is 0 Å². The van der Waals surface area contributed by atoms with Gasteiger partial charge >= 0.3 is 11.9 Å². The van der Waals surface area contributed by atoms with Crippen LogP contribution in [0.2, 0.25) is 0 Å². The van der Waals surface area contributed by atoms with E-state index in [9.17, 15) is 23.6 Å². The number of ketones is 1. The molecular weight excluding hydrogens is 357 g/mol. The van der Waals surface area contributed by atoms with E-state index in [1.54, 1.807) is 0 Å². The highest BCUT2D eigenvalue weighted by Gasteiger charge is 2.30. The van der Waals surface area contributed by atoms with Crippen molar-refractivity contribution in [2.24, 2.45) is 5.73 Å². The second kappa shape index (κ2) is 8.52. The Balaban J connectivity index is 2.15. The zero-order valence-corrected chi connectivity index (χ0v) is 13.8. The standard InChI is InChI=1S/C19H14FNO6/c20-14-8-6-12(7-9-14)16(24)17(18(21)25)27-19(26)13-4-1-11(2-5-13)3-10-15(22)23/h1-10,17H,(H2,21,25)(H,22,23)/b10-3+. The van der Waals surface area contributed by atoms with E-state index in [1.165, 1.54) is 30.3 Å². The number of rotatable bonds is 7. The van der Waals surface area contributed by atoms with Gasteiger partial charge in [-0.15, -0.1) is 0 Å². The van der Waals surface area contributed by atoms with Crippen molar-refractivity contribution in [2.75, 3.05) is 0 Å². The van der Waals surface area contributed by atoms with Crippen LogP contribution >= 0.6 is 0 Å². The minimum absolute atomic E-state index is 0.0284. The number of ether oxygens (including phenoxy) is 1. The van der Waals surface area contributed by atoms with Crippen LogP contribution in [0, 0.1) is 5.82 Å². The van der Waals surface area contributed by atoms with Crippen molar-refractivity contribution >= 4 is 29.7 Å². The summed E-state index contributed by atoms with van der Waals surface area (Å²) in [6.07, 6.45) is 0.383. The zero-order valence-electron chi connectivity index (χ0n) is 13.8. The molecule has 138 valence electrons. The molecule has 0 saturated heterocycles. The van der Waals surface area contributed by atoms with Gasteiger partial charge in [0.25, 0.3) is 5.91 Å². The highest BCUT2D eigenvalue weighted by atomic mass is 19.1. The van der Waals surface area contributed by atoms with Gasteiger partial charge in [0, 0.05) is 11.6 Å². The molecule has 0 radical (unpaired) electrons. The Morgan fingerprint density at radius 2 is 1.52 bits per heavy atom. The Hall–Kier alpha value is -3.81. The monoisotopic (exact) mass is 371 g/mol. The van der Waals surface area contributed by atoms with Gasteiger partial charge in [0.05, 0.1) is 5.56 Å². The van der Waals surface area contributed by atoms with E-state index in [4.69, 9.17) is 15.6 Å². The van der Waals surface area contributed by atoms with Crippen LogP contribution in [0.15, 0.2) is 54.6 Å². The summed E-state index contributed by atoms with van der Waals surface area (Å²) < 4.78 is 17.9. The highest BCUT2D eigenvalue weighted by Crippen LogP contribution is 2.12. The second-order valence-corrected chi connectivity index (χ2v) is 5.35. The Bertz CT molecular complexity index is 903. The molecule has 0 heterocycles. The van der Waals surface area contributed by atoms with Crippen LogP contribution < -0.4 is 5.73 Å². The highest BCUT2D eigenvalue weighted by molar-refractivity contribution is 6.13. The van der Waals surface area contributed by atoms with Crippen LogP contribution in [0.25, 0.3) is 6.08 Å². The lowest BCUT2D eigenvalue weighted by Gasteiger charge is -2.14. The molecule has 7 nitrogen and oxygen atoms in total. The molecule has 0 spiro atoms. The minimum Gasteiger partial charge on any atom is -0.478 e. The number of esters is 1. The molecule has 2 rings (SSSR count). The third kappa shape index (κ3) is 5.33. The summed E-state index contributed by atoms with van der Waals surface area (Å²) in [5, 5.41) is 8.57. The lowest BCUT2D eigenvalue weighted by atomic mass is 10.1. The zero-order chi connectivity index (χ0) is 20.0. The maximum atomic E-state index is 12.9. The van der Waals surface area contributed by atoms with Crippen LogP contribution in [0.4, 0.5) is 4.39 Å². The Morgan fingerprint density at radius 1 is 0.963 bits per heavy atom. The third-order valence-corrected chi connectivity index (χ3v) is 3.41. The molecule has 0 saturated carbocycles. The molecule has 0 aromatic heterocycles. The van der Waals surface area contributed by atoms with Crippen LogP contribution in [-0.4, -0.2) is 34.8 Å². The number of halogens is 1. The molecule has 0 aliphatic heterocycles. The predicted octanol–water partition coefficient (Wildman–Crippen LogP) is 1.82. The summed E-state index contributed by atoms with van der Waals surface area (Å²) >= 11 is 0. The number of nitrogens with two attached hydrogens (primary N) is 1. The largest absolute Gasteiger partial charge is 0.478 e. The van der Waals surface area contributed by atoms with Crippen LogP contribution in [0.1, 0.15) is 26.3 Å². The Kier molecular flexibility index (Phi) is 6.16. The van der Waals surface area contributed by atoms with Crippen molar-refractivity contribution in [3.8, 4) is 0 Å². The number of Topliss-reactive ketones (excluding diaryl/α,β-unsaturated/α-hetero) is 1. The SMILES string of the molecule is NC(=O)C(OC(=O)c1ccc(/C=C/C(=O)O)cc1)C(=O)c1ccc(F)cc1. The summed E-state index contributed by atoms with van der Waals surface area (Å²) in [5.41, 5.74) is 5.65. The van der Waals surface area contributed by atoms with Crippen molar-refractivity contribution in [3.05, 3.63) is 77.1 Å². The van der Waals surface area contributed by atoms with E-state index in [2.05, 4.69) is 0 Å². The van der Waals surface area contributed by atoms with E-state index in [-0.39, 0.29) is 11.1 Å². The fraction of sp³-hybridized carbons (Fsp3) is 0.0526. The quantitative estimate of drug-likeness (QED) is 0.331. The number of amides is 1. The molecule has 0 aliphatic carbocycles. The summed E-state index contributed by atoms with van der Waals surface area (Å²) in [6.45, 7) is 0. The number of hydrogen-bond donors (Lipinski definition) is 2. The maximum Gasteiger partial charge on any atom is 0.339 e. The van der Waals surface area contributed by atoms with Gasteiger partial charge in [0.2, 0.25) is 11.9 Å². The fourth-order valence-corrected chi connectivity index (χ4v) is 2.08. The smallest absolute Gasteiger partial charge is 0.339 e. The summed E-state index contributed by atoms with van der Waals surface area (Å²) in [6, 6.07) is 9.92.